The molecule has 0 saturated carbocycles. The van der Waals surface area contributed by atoms with Crippen LogP contribution in [0.4, 0.5) is 13.2 Å². The fraction of sp³-hybridized carbons (Fsp3) is 0.200. The standard InChI is InChI=1S/C15H13ClF3N/c1-20-14(15-11(16)3-2-4-12(15)18)7-9-5-6-10(17)8-13(9)19/h2-6,8,14,20H,7H2,1H3. The number of hydrogen-bond donors (Lipinski definition) is 1. The van der Waals surface area contributed by atoms with Gasteiger partial charge in [-0.25, -0.2) is 13.2 Å². The van der Waals surface area contributed by atoms with Crippen molar-refractivity contribution < 1.29 is 13.2 Å². The summed E-state index contributed by atoms with van der Waals surface area (Å²) in [4.78, 5) is 0. The molecule has 0 heterocycles. The number of nitrogens with one attached hydrogen (secondary N) is 1. The van der Waals surface area contributed by atoms with Crippen molar-refractivity contribution in [2.24, 2.45) is 0 Å². The lowest BCUT2D eigenvalue weighted by atomic mass is 9.98. The monoisotopic (exact) mass is 299 g/mol. The van der Waals surface area contributed by atoms with Crippen molar-refractivity contribution in [2.75, 3.05) is 7.05 Å². The maximum atomic E-state index is 13.9. The highest BCUT2D eigenvalue weighted by atomic mass is 35.5. The smallest absolute Gasteiger partial charge is 0.129 e. The largest absolute Gasteiger partial charge is 0.313 e. The lowest BCUT2D eigenvalue weighted by molar-refractivity contribution is 0.515. The van der Waals surface area contributed by atoms with Gasteiger partial charge in [0.2, 0.25) is 0 Å². The normalized spacial score (nSPS) is 12.4. The summed E-state index contributed by atoms with van der Waals surface area (Å²) in [5.41, 5.74) is 0.575. The van der Waals surface area contributed by atoms with Crippen LogP contribution in [0.15, 0.2) is 36.4 Å². The summed E-state index contributed by atoms with van der Waals surface area (Å²) < 4.78 is 40.4. The molecule has 1 atom stereocenters. The van der Waals surface area contributed by atoms with Gasteiger partial charge in [-0.15, -0.1) is 0 Å². The van der Waals surface area contributed by atoms with E-state index in [-0.39, 0.29) is 17.0 Å². The lowest BCUT2D eigenvalue weighted by Gasteiger charge is -2.19. The van der Waals surface area contributed by atoms with E-state index in [9.17, 15) is 13.2 Å². The molecule has 1 N–H and O–H groups in total. The van der Waals surface area contributed by atoms with E-state index in [1.54, 1.807) is 13.1 Å². The molecule has 2 rings (SSSR count). The summed E-state index contributed by atoms with van der Waals surface area (Å²) in [5.74, 6) is -1.76. The zero-order valence-corrected chi connectivity index (χ0v) is 11.5. The third-order valence-electron chi connectivity index (χ3n) is 3.14. The molecule has 0 spiro atoms. The minimum atomic E-state index is -0.655. The van der Waals surface area contributed by atoms with Gasteiger partial charge in [-0.3, -0.25) is 0 Å². The van der Waals surface area contributed by atoms with E-state index in [1.165, 1.54) is 24.3 Å². The average Bonchev–Trinajstić information content (AvgIpc) is 2.39. The molecule has 0 amide bonds. The van der Waals surface area contributed by atoms with Crippen molar-refractivity contribution in [3.05, 3.63) is 70.0 Å². The third-order valence-corrected chi connectivity index (χ3v) is 3.47. The average molecular weight is 300 g/mol. The molecule has 0 fully saturated rings. The Hall–Kier alpha value is -1.52. The number of rotatable bonds is 4. The molecule has 2 aromatic rings. The van der Waals surface area contributed by atoms with Gasteiger partial charge in [0.15, 0.2) is 0 Å². The second kappa shape index (κ2) is 6.29. The molecular weight excluding hydrogens is 287 g/mol. The van der Waals surface area contributed by atoms with Crippen LogP contribution in [-0.2, 0) is 6.42 Å². The predicted octanol–water partition coefficient (Wildman–Crippen LogP) is 4.26. The fourth-order valence-corrected chi connectivity index (χ4v) is 2.39. The van der Waals surface area contributed by atoms with Gasteiger partial charge >= 0.3 is 0 Å². The summed E-state index contributed by atoms with van der Waals surface area (Å²) in [7, 11) is 1.63. The number of benzene rings is 2. The molecule has 0 aliphatic rings. The first-order valence-electron chi connectivity index (χ1n) is 6.08. The second-order valence-corrected chi connectivity index (χ2v) is 4.82. The Bertz CT molecular complexity index is 596. The first kappa shape index (κ1) is 14.9. The summed E-state index contributed by atoms with van der Waals surface area (Å²) in [5, 5.41) is 3.18. The Morgan fingerprint density at radius 3 is 2.45 bits per heavy atom. The van der Waals surface area contributed by atoms with E-state index in [0.29, 0.717) is 5.56 Å². The maximum Gasteiger partial charge on any atom is 0.129 e. The van der Waals surface area contributed by atoms with Gasteiger partial charge in [-0.05, 0) is 37.2 Å². The van der Waals surface area contributed by atoms with Crippen molar-refractivity contribution in [3.8, 4) is 0 Å². The van der Waals surface area contributed by atoms with Gasteiger partial charge in [0.1, 0.15) is 17.5 Å². The molecule has 0 aliphatic heterocycles. The van der Waals surface area contributed by atoms with Crippen LogP contribution >= 0.6 is 11.6 Å². The topological polar surface area (TPSA) is 12.0 Å². The van der Waals surface area contributed by atoms with Crippen molar-refractivity contribution in [1.29, 1.82) is 0 Å². The quantitative estimate of drug-likeness (QED) is 0.889. The summed E-state index contributed by atoms with van der Waals surface area (Å²) in [6.07, 6.45) is 0.170. The van der Waals surface area contributed by atoms with Crippen LogP contribution < -0.4 is 5.32 Å². The Morgan fingerprint density at radius 1 is 1.10 bits per heavy atom. The van der Waals surface area contributed by atoms with Crippen molar-refractivity contribution >= 4 is 11.6 Å². The van der Waals surface area contributed by atoms with Crippen LogP contribution in [0.2, 0.25) is 5.02 Å². The first-order chi connectivity index (χ1) is 9.52. The van der Waals surface area contributed by atoms with Crippen LogP contribution in [0, 0.1) is 17.5 Å². The van der Waals surface area contributed by atoms with E-state index in [2.05, 4.69) is 5.32 Å². The number of hydrogen-bond acceptors (Lipinski definition) is 1. The van der Waals surface area contributed by atoms with Crippen molar-refractivity contribution in [2.45, 2.75) is 12.5 Å². The lowest BCUT2D eigenvalue weighted by Crippen LogP contribution is -2.21. The Labute approximate surface area is 120 Å². The SMILES string of the molecule is CNC(Cc1ccc(F)cc1F)c1c(F)cccc1Cl. The molecule has 1 unspecified atom stereocenters. The van der Waals surface area contributed by atoms with Gasteiger partial charge < -0.3 is 5.32 Å². The van der Waals surface area contributed by atoms with Gasteiger partial charge in [-0.1, -0.05) is 23.7 Å². The first-order valence-corrected chi connectivity index (χ1v) is 6.46. The highest BCUT2D eigenvalue weighted by molar-refractivity contribution is 6.31. The van der Waals surface area contributed by atoms with Crippen LogP contribution in [0.25, 0.3) is 0 Å². The highest BCUT2D eigenvalue weighted by Crippen LogP contribution is 2.28. The molecule has 0 aromatic heterocycles. The van der Waals surface area contributed by atoms with Crippen LogP contribution in [0.5, 0.6) is 0 Å². The molecule has 2 aromatic carbocycles. The minimum Gasteiger partial charge on any atom is -0.313 e. The third kappa shape index (κ3) is 3.14. The van der Waals surface area contributed by atoms with Gasteiger partial charge in [-0.2, -0.15) is 0 Å². The van der Waals surface area contributed by atoms with E-state index in [4.69, 9.17) is 11.6 Å². The van der Waals surface area contributed by atoms with E-state index in [0.717, 1.165) is 6.07 Å². The Balaban J connectivity index is 2.34. The molecule has 106 valence electrons. The van der Waals surface area contributed by atoms with E-state index in [1.807, 2.05) is 0 Å². The summed E-state index contributed by atoms with van der Waals surface area (Å²) in [6, 6.07) is 7.22. The zero-order valence-electron chi connectivity index (χ0n) is 10.8. The molecule has 20 heavy (non-hydrogen) atoms. The molecule has 1 nitrogen and oxygen atoms in total. The van der Waals surface area contributed by atoms with Gasteiger partial charge in [0, 0.05) is 22.7 Å². The van der Waals surface area contributed by atoms with Crippen LogP contribution in [0.3, 0.4) is 0 Å². The van der Waals surface area contributed by atoms with Crippen LogP contribution in [0.1, 0.15) is 17.2 Å². The summed E-state index contributed by atoms with van der Waals surface area (Å²) in [6.45, 7) is 0. The molecular formula is C15H13ClF3N. The Kier molecular flexibility index (Phi) is 4.68. The number of halogens is 4. The van der Waals surface area contributed by atoms with E-state index < -0.39 is 23.5 Å². The molecule has 5 heteroatoms. The van der Waals surface area contributed by atoms with Crippen molar-refractivity contribution in [3.63, 3.8) is 0 Å². The Morgan fingerprint density at radius 2 is 1.85 bits per heavy atom. The van der Waals surface area contributed by atoms with Gasteiger partial charge in [0.05, 0.1) is 0 Å². The highest BCUT2D eigenvalue weighted by Gasteiger charge is 2.19. The summed E-state index contributed by atoms with van der Waals surface area (Å²) >= 11 is 6.00. The fourth-order valence-electron chi connectivity index (χ4n) is 2.10. The number of likely N-dealkylation sites (N-methyl/N-ethyl adjacent to an activating group) is 1. The molecule has 0 radical (unpaired) electrons. The molecule has 0 saturated heterocycles. The molecule has 0 bridgehead atoms. The van der Waals surface area contributed by atoms with Crippen LogP contribution in [-0.4, -0.2) is 7.05 Å². The second-order valence-electron chi connectivity index (χ2n) is 4.42. The van der Waals surface area contributed by atoms with E-state index >= 15 is 0 Å². The van der Waals surface area contributed by atoms with Crippen molar-refractivity contribution in [1.82, 2.24) is 5.32 Å². The zero-order chi connectivity index (χ0) is 14.7. The molecule has 0 aliphatic carbocycles. The van der Waals surface area contributed by atoms with Gasteiger partial charge in [0.25, 0.3) is 0 Å². The minimum absolute atomic E-state index is 0.170. The maximum absolute atomic E-state index is 13.9. The predicted molar refractivity (Wildman–Crippen MR) is 73.3 cm³/mol.